The summed E-state index contributed by atoms with van der Waals surface area (Å²) in [7, 11) is 3.62. The third-order valence-electron chi connectivity index (χ3n) is 1.61. The molecule has 0 amide bonds. The van der Waals surface area contributed by atoms with Crippen molar-refractivity contribution in [3.8, 4) is 0 Å². The fourth-order valence-electron chi connectivity index (χ4n) is 0.859. The summed E-state index contributed by atoms with van der Waals surface area (Å²) in [6, 6.07) is 0. The van der Waals surface area contributed by atoms with Gasteiger partial charge in [0.25, 0.3) is 0 Å². The maximum absolute atomic E-state index is 10.2. The van der Waals surface area contributed by atoms with Crippen LogP contribution in [0, 0.1) is 0 Å². The lowest BCUT2D eigenvalue weighted by Gasteiger charge is -2.14. The molecule has 4 nitrogen and oxygen atoms in total. The number of hydrogen-bond acceptors (Lipinski definition) is 3. The molecule has 72 valence electrons. The Morgan fingerprint density at radius 2 is 2.17 bits per heavy atom. The summed E-state index contributed by atoms with van der Waals surface area (Å²) in [6.45, 7) is 2.37. The molecule has 1 N–H and O–H groups in total. The van der Waals surface area contributed by atoms with E-state index in [2.05, 4.69) is 4.90 Å². The Morgan fingerprint density at radius 1 is 1.50 bits per heavy atom. The maximum Gasteiger partial charge on any atom is 0.303 e. The molecule has 0 aromatic rings. The molecule has 0 unspecified atom stereocenters. The van der Waals surface area contributed by atoms with Crippen molar-refractivity contribution in [2.24, 2.45) is 0 Å². The minimum absolute atomic E-state index is 0.247. The molecule has 0 saturated carbocycles. The van der Waals surface area contributed by atoms with Crippen LogP contribution >= 0.6 is 0 Å². The molecule has 0 aliphatic carbocycles. The van der Waals surface area contributed by atoms with Gasteiger partial charge in [-0.05, 0) is 20.0 Å². The van der Waals surface area contributed by atoms with Gasteiger partial charge < -0.3 is 14.7 Å². The van der Waals surface area contributed by atoms with Crippen LogP contribution in [0.2, 0.25) is 0 Å². The Bertz CT molecular complexity index is 127. The van der Waals surface area contributed by atoms with Crippen molar-refractivity contribution in [2.75, 3.05) is 33.9 Å². The van der Waals surface area contributed by atoms with Crippen molar-refractivity contribution >= 4 is 5.97 Å². The lowest BCUT2D eigenvalue weighted by Crippen LogP contribution is -2.24. The first-order chi connectivity index (χ1) is 5.66. The number of nitrogens with zero attached hydrogens (tertiary/aromatic N) is 1. The molecule has 12 heavy (non-hydrogen) atoms. The van der Waals surface area contributed by atoms with Gasteiger partial charge in [0.15, 0.2) is 0 Å². The number of carboxylic acids is 1. The second-order valence-corrected chi connectivity index (χ2v) is 2.79. The van der Waals surface area contributed by atoms with Crippen molar-refractivity contribution in [2.45, 2.75) is 12.8 Å². The lowest BCUT2D eigenvalue weighted by molar-refractivity contribution is -0.137. The topological polar surface area (TPSA) is 49.8 Å². The summed E-state index contributed by atoms with van der Waals surface area (Å²) in [5, 5.41) is 8.36. The molecule has 0 heterocycles. The van der Waals surface area contributed by atoms with E-state index in [1.54, 1.807) is 7.11 Å². The van der Waals surface area contributed by atoms with Crippen LogP contribution in [0.15, 0.2) is 0 Å². The Labute approximate surface area is 73.1 Å². The van der Waals surface area contributed by atoms with Crippen molar-refractivity contribution in [1.29, 1.82) is 0 Å². The predicted octanol–water partition coefficient (Wildman–Crippen LogP) is 0.429. The summed E-state index contributed by atoms with van der Waals surface area (Å²) >= 11 is 0. The quantitative estimate of drug-likeness (QED) is 0.609. The summed E-state index contributed by atoms with van der Waals surface area (Å²) in [4.78, 5) is 12.2. The molecule has 0 rings (SSSR count). The van der Waals surface area contributed by atoms with E-state index < -0.39 is 5.97 Å². The van der Waals surface area contributed by atoms with Crippen LogP contribution in [0.4, 0.5) is 0 Å². The first kappa shape index (κ1) is 11.4. The largest absolute Gasteiger partial charge is 0.481 e. The van der Waals surface area contributed by atoms with Crippen molar-refractivity contribution in [1.82, 2.24) is 4.90 Å². The zero-order valence-electron chi connectivity index (χ0n) is 7.75. The third-order valence-corrected chi connectivity index (χ3v) is 1.61. The Balaban J connectivity index is 3.19. The summed E-state index contributed by atoms with van der Waals surface area (Å²) in [6.07, 6.45) is 0.951. The van der Waals surface area contributed by atoms with Gasteiger partial charge in [0.1, 0.15) is 0 Å². The molecule has 0 bridgehead atoms. The van der Waals surface area contributed by atoms with E-state index >= 15 is 0 Å². The smallest absolute Gasteiger partial charge is 0.303 e. The Kier molecular flexibility index (Phi) is 6.70. The summed E-state index contributed by atoms with van der Waals surface area (Å²) in [5.74, 6) is -0.727. The van der Waals surface area contributed by atoms with Gasteiger partial charge in [0.05, 0.1) is 6.61 Å². The van der Waals surface area contributed by atoms with Crippen molar-refractivity contribution in [3.63, 3.8) is 0 Å². The van der Waals surface area contributed by atoms with Crippen LogP contribution < -0.4 is 0 Å². The molecular weight excluding hydrogens is 158 g/mol. The molecule has 0 spiro atoms. The van der Waals surface area contributed by atoms with Crippen LogP contribution in [0.25, 0.3) is 0 Å². The molecular formula is C8H17NO3. The molecule has 0 fully saturated rings. The highest BCUT2D eigenvalue weighted by Crippen LogP contribution is 1.92. The SMILES string of the molecule is COCCN(C)CCCC(=O)O. The highest BCUT2D eigenvalue weighted by atomic mass is 16.5. The van der Waals surface area contributed by atoms with Gasteiger partial charge in [-0.25, -0.2) is 0 Å². The van der Waals surface area contributed by atoms with Crippen LogP contribution in [-0.4, -0.2) is 49.8 Å². The molecule has 0 aliphatic rings. The van der Waals surface area contributed by atoms with E-state index in [-0.39, 0.29) is 6.42 Å². The van der Waals surface area contributed by atoms with E-state index in [1.165, 1.54) is 0 Å². The van der Waals surface area contributed by atoms with E-state index in [9.17, 15) is 4.79 Å². The van der Waals surface area contributed by atoms with E-state index in [0.29, 0.717) is 13.0 Å². The molecule has 4 heteroatoms. The van der Waals surface area contributed by atoms with Crippen molar-refractivity contribution in [3.05, 3.63) is 0 Å². The van der Waals surface area contributed by atoms with Gasteiger partial charge in [-0.1, -0.05) is 0 Å². The van der Waals surface area contributed by atoms with Crippen LogP contribution in [0.5, 0.6) is 0 Å². The van der Waals surface area contributed by atoms with Gasteiger partial charge in [-0.15, -0.1) is 0 Å². The molecule has 0 aromatic heterocycles. The fraction of sp³-hybridized carbons (Fsp3) is 0.875. The second-order valence-electron chi connectivity index (χ2n) is 2.79. The molecule has 0 aliphatic heterocycles. The number of aliphatic carboxylic acids is 1. The fourth-order valence-corrected chi connectivity index (χ4v) is 0.859. The number of carboxylic acid groups (broad SMARTS) is 1. The van der Waals surface area contributed by atoms with Gasteiger partial charge in [0, 0.05) is 20.1 Å². The average Bonchev–Trinajstić information content (AvgIpc) is 2.00. The summed E-state index contributed by atoms with van der Waals surface area (Å²) in [5.41, 5.74) is 0. The average molecular weight is 175 g/mol. The van der Waals surface area contributed by atoms with Gasteiger partial charge in [-0.3, -0.25) is 4.79 Å². The van der Waals surface area contributed by atoms with Crippen molar-refractivity contribution < 1.29 is 14.6 Å². The van der Waals surface area contributed by atoms with Gasteiger partial charge in [0.2, 0.25) is 0 Å². The zero-order valence-corrected chi connectivity index (χ0v) is 7.75. The highest BCUT2D eigenvalue weighted by Gasteiger charge is 2.00. The lowest BCUT2D eigenvalue weighted by atomic mass is 10.3. The maximum atomic E-state index is 10.2. The standard InChI is InChI=1S/C8H17NO3/c1-9(6-7-12-2)5-3-4-8(10)11/h3-7H2,1-2H3,(H,10,11). The molecule has 0 atom stereocenters. The number of methoxy groups -OCH3 is 1. The van der Waals surface area contributed by atoms with E-state index in [0.717, 1.165) is 13.1 Å². The molecule has 0 aromatic carbocycles. The number of hydrogen-bond donors (Lipinski definition) is 1. The van der Waals surface area contributed by atoms with Gasteiger partial charge >= 0.3 is 5.97 Å². The first-order valence-electron chi connectivity index (χ1n) is 4.06. The minimum atomic E-state index is -0.727. The Hall–Kier alpha value is -0.610. The third kappa shape index (κ3) is 7.50. The minimum Gasteiger partial charge on any atom is -0.481 e. The van der Waals surface area contributed by atoms with E-state index in [4.69, 9.17) is 9.84 Å². The van der Waals surface area contributed by atoms with Gasteiger partial charge in [-0.2, -0.15) is 0 Å². The van der Waals surface area contributed by atoms with Crippen LogP contribution in [0.1, 0.15) is 12.8 Å². The first-order valence-corrected chi connectivity index (χ1v) is 4.06. The number of ether oxygens (including phenoxy) is 1. The monoisotopic (exact) mass is 175 g/mol. The van der Waals surface area contributed by atoms with Crippen LogP contribution in [-0.2, 0) is 9.53 Å². The highest BCUT2D eigenvalue weighted by molar-refractivity contribution is 5.66. The van der Waals surface area contributed by atoms with Crippen LogP contribution in [0.3, 0.4) is 0 Å². The Morgan fingerprint density at radius 3 is 2.67 bits per heavy atom. The number of rotatable bonds is 7. The molecule has 0 saturated heterocycles. The van der Waals surface area contributed by atoms with E-state index in [1.807, 2.05) is 7.05 Å². The second kappa shape index (κ2) is 7.06. The summed E-state index contributed by atoms with van der Waals surface area (Å²) < 4.78 is 4.88. The number of carbonyl (C=O) groups is 1. The zero-order chi connectivity index (χ0) is 9.40. The predicted molar refractivity (Wildman–Crippen MR) is 46.2 cm³/mol. The normalized spacial score (nSPS) is 10.6. The molecule has 0 radical (unpaired) electrons. The number of likely N-dealkylation sites (N-methyl/N-ethyl adjacent to an activating group) is 1.